The zero-order valence-electron chi connectivity index (χ0n) is 12.2. The average molecular weight is 293 g/mol. The van der Waals surface area contributed by atoms with Gasteiger partial charge in [0.2, 0.25) is 0 Å². The number of hydrogen-bond donors (Lipinski definition) is 1. The highest BCUT2D eigenvalue weighted by molar-refractivity contribution is 5.93. The van der Waals surface area contributed by atoms with E-state index in [1.807, 2.05) is 11.9 Å². The summed E-state index contributed by atoms with van der Waals surface area (Å²) in [5.41, 5.74) is 0.0278. The van der Waals surface area contributed by atoms with Crippen LogP contribution in [-0.2, 0) is 0 Å². The van der Waals surface area contributed by atoms with Crippen molar-refractivity contribution in [3.8, 4) is 0 Å². The summed E-state index contributed by atoms with van der Waals surface area (Å²) in [6.45, 7) is 1.84. The number of likely N-dealkylation sites (tertiary alicyclic amines) is 1. The van der Waals surface area contributed by atoms with Crippen LogP contribution in [0.1, 0.15) is 23.2 Å². The van der Waals surface area contributed by atoms with Crippen molar-refractivity contribution in [3.63, 3.8) is 0 Å². The van der Waals surface area contributed by atoms with Crippen LogP contribution < -0.4 is 4.90 Å². The van der Waals surface area contributed by atoms with Crippen LogP contribution in [0.4, 0.5) is 11.4 Å². The highest BCUT2D eigenvalue weighted by atomic mass is 16.6. The number of nitrogens with zero attached hydrogens (tertiary/aromatic N) is 3. The molecular weight excluding hydrogens is 274 g/mol. The molecule has 0 amide bonds. The van der Waals surface area contributed by atoms with Gasteiger partial charge in [-0.1, -0.05) is 0 Å². The van der Waals surface area contributed by atoms with Gasteiger partial charge in [-0.3, -0.25) is 10.1 Å². The number of anilines is 1. The lowest BCUT2D eigenvalue weighted by Crippen LogP contribution is -2.36. The van der Waals surface area contributed by atoms with Crippen LogP contribution in [0.2, 0.25) is 0 Å². The molecule has 1 heterocycles. The number of aromatic carboxylic acids is 1. The first-order valence-corrected chi connectivity index (χ1v) is 6.83. The van der Waals surface area contributed by atoms with Crippen LogP contribution in [0.5, 0.6) is 0 Å². The quantitative estimate of drug-likeness (QED) is 0.658. The maximum atomic E-state index is 11.2. The van der Waals surface area contributed by atoms with E-state index in [-0.39, 0.29) is 11.3 Å². The van der Waals surface area contributed by atoms with Crippen LogP contribution in [0.3, 0.4) is 0 Å². The topological polar surface area (TPSA) is 86.9 Å². The molecule has 21 heavy (non-hydrogen) atoms. The molecule has 1 saturated heterocycles. The fourth-order valence-corrected chi connectivity index (χ4v) is 2.72. The van der Waals surface area contributed by atoms with E-state index in [1.165, 1.54) is 12.1 Å². The molecule has 7 heteroatoms. The van der Waals surface area contributed by atoms with Gasteiger partial charge in [0.1, 0.15) is 5.56 Å². The molecular formula is C14H19N3O4. The van der Waals surface area contributed by atoms with E-state index in [9.17, 15) is 14.9 Å². The highest BCUT2D eigenvalue weighted by Crippen LogP contribution is 2.26. The van der Waals surface area contributed by atoms with Crippen molar-refractivity contribution in [2.75, 3.05) is 32.1 Å². The Morgan fingerprint density at radius 3 is 2.81 bits per heavy atom. The van der Waals surface area contributed by atoms with Gasteiger partial charge in [0.25, 0.3) is 5.69 Å². The third-order valence-corrected chi connectivity index (χ3v) is 4.00. The zero-order chi connectivity index (χ0) is 15.6. The lowest BCUT2D eigenvalue weighted by Gasteiger charge is -2.27. The van der Waals surface area contributed by atoms with E-state index in [0.29, 0.717) is 11.7 Å². The minimum Gasteiger partial charge on any atom is -0.477 e. The average Bonchev–Trinajstić information content (AvgIpc) is 2.83. The number of carbonyl (C=O) groups is 1. The van der Waals surface area contributed by atoms with E-state index < -0.39 is 10.9 Å². The molecule has 1 aromatic rings. The van der Waals surface area contributed by atoms with Gasteiger partial charge in [0.05, 0.1) is 4.92 Å². The molecule has 1 aliphatic rings. The lowest BCUT2D eigenvalue weighted by atomic mass is 10.1. The smallest absolute Gasteiger partial charge is 0.342 e. The Morgan fingerprint density at radius 2 is 2.29 bits per heavy atom. The fraction of sp³-hybridized carbons (Fsp3) is 0.500. The number of likely N-dealkylation sites (N-methyl/N-ethyl adjacent to an activating group) is 2. The summed E-state index contributed by atoms with van der Waals surface area (Å²) >= 11 is 0. The molecule has 0 spiro atoms. The Morgan fingerprint density at radius 1 is 1.57 bits per heavy atom. The van der Waals surface area contributed by atoms with E-state index in [4.69, 9.17) is 5.11 Å². The Kier molecular flexibility index (Phi) is 4.42. The predicted octanol–water partition coefficient (Wildman–Crippen LogP) is 1.82. The third-order valence-electron chi connectivity index (χ3n) is 4.00. The summed E-state index contributed by atoms with van der Waals surface area (Å²) < 4.78 is 0. The van der Waals surface area contributed by atoms with Gasteiger partial charge in [0.15, 0.2) is 0 Å². The molecule has 0 aromatic heterocycles. The summed E-state index contributed by atoms with van der Waals surface area (Å²) in [6.07, 6.45) is 2.27. The zero-order valence-corrected chi connectivity index (χ0v) is 12.2. The van der Waals surface area contributed by atoms with Crippen LogP contribution >= 0.6 is 0 Å². The maximum Gasteiger partial charge on any atom is 0.342 e. The second kappa shape index (κ2) is 6.09. The molecule has 2 rings (SSSR count). The molecule has 1 unspecified atom stereocenters. The van der Waals surface area contributed by atoms with Gasteiger partial charge in [-0.05, 0) is 38.6 Å². The maximum absolute atomic E-state index is 11.2. The summed E-state index contributed by atoms with van der Waals surface area (Å²) in [5, 5.41) is 20.0. The van der Waals surface area contributed by atoms with Crippen LogP contribution in [-0.4, -0.2) is 54.1 Å². The van der Waals surface area contributed by atoms with Crippen LogP contribution in [0, 0.1) is 10.1 Å². The largest absolute Gasteiger partial charge is 0.477 e. The molecule has 1 atom stereocenters. The van der Waals surface area contributed by atoms with Gasteiger partial charge in [-0.2, -0.15) is 0 Å². The van der Waals surface area contributed by atoms with Gasteiger partial charge in [-0.25, -0.2) is 4.79 Å². The van der Waals surface area contributed by atoms with Gasteiger partial charge >= 0.3 is 5.97 Å². The number of hydrogen-bond acceptors (Lipinski definition) is 5. The predicted molar refractivity (Wildman–Crippen MR) is 79.0 cm³/mol. The first-order valence-electron chi connectivity index (χ1n) is 6.83. The van der Waals surface area contributed by atoms with Crippen LogP contribution in [0.15, 0.2) is 18.2 Å². The first-order chi connectivity index (χ1) is 9.90. The number of nitro benzene ring substituents is 1. The molecule has 1 N–H and O–H groups in total. The summed E-state index contributed by atoms with van der Waals surface area (Å²) in [7, 11) is 3.95. The van der Waals surface area contributed by atoms with E-state index in [1.54, 1.807) is 6.07 Å². The Bertz CT molecular complexity index is 561. The standard InChI is InChI=1S/C14H19N3O4/c1-15-7-3-4-11(15)9-16(2)10-5-6-13(17(20)21)12(8-10)14(18)19/h5-6,8,11H,3-4,7,9H2,1-2H3,(H,18,19). The minimum atomic E-state index is -1.28. The minimum absolute atomic E-state index is 0.274. The normalized spacial score (nSPS) is 18.7. The van der Waals surface area contributed by atoms with Crippen molar-refractivity contribution in [3.05, 3.63) is 33.9 Å². The molecule has 0 saturated carbocycles. The molecule has 1 aromatic carbocycles. The van der Waals surface area contributed by atoms with Crippen LogP contribution in [0.25, 0.3) is 0 Å². The van der Waals surface area contributed by atoms with Gasteiger partial charge in [0, 0.05) is 31.4 Å². The molecule has 7 nitrogen and oxygen atoms in total. The number of carboxylic acids is 1. The summed E-state index contributed by atoms with van der Waals surface area (Å²) in [5.74, 6) is -1.28. The van der Waals surface area contributed by atoms with Crippen molar-refractivity contribution in [1.29, 1.82) is 0 Å². The van der Waals surface area contributed by atoms with Crippen molar-refractivity contribution in [1.82, 2.24) is 4.90 Å². The molecule has 1 aliphatic heterocycles. The summed E-state index contributed by atoms with van der Waals surface area (Å²) in [4.78, 5) is 25.6. The van der Waals surface area contributed by atoms with Crippen molar-refractivity contribution >= 4 is 17.3 Å². The fourth-order valence-electron chi connectivity index (χ4n) is 2.72. The third kappa shape index (κ3) is 3.30. The van der Waals surface area contributed by atoms with Gasteiger partial charge in [-0.15, -0.1) is 0 Å². The lowest BCUT2D eigenvalue weighted by molar-refractivity contribution is -0.385. The van der Waals surface area contributed by atoms with Gasteiger partial charge < -0.3 is 14.9 Å². The van der Waals surface area contributed by atoms with Crippen molar-refractivity contribution in [2.45, 2.75) is 18.9 Å². The number of rotatable bonds is 5. The SMILES string of the molecule is CN(CC1CCCN1C)c1ccc([N+](=O)[O-])c(C(=O)O)c1. The number of nitro groups is 1. The molecule has 0 bridgehead atoms. The molecule has 0 radical (unpaired) electrons. The summed E-state index contributed by atoms with van der Waals surface area (Å²) in [6, 6.07) is 4.65. The Hall–Kier alpha value is -2.15. The van der Waals surface area contributed by atoms with E-state index >= 15 is 0 Å². The Balaban J connectivity index is 2.21. The second-order valence-electron chi connectivity index (χ2n) is 5.42. The van der Waals surface area contributed by atoms with Crippen molar-refractivity contribution < 1.29 is 14.8 Å². The van der Waals surface area contributed by atoms with Crippen molar-refractivity contribution in [2.24, 2.45) is 0 Å². The highest BCUT2D eigenvalue weighted by Gasteiger charge is 2.24. The number of carboxylic acid groups (broad SMARTS) is 1. The molecule has 114 valence electrons. The first kappa shape index (κ1) is 15.2. The Labute approximate surface area is 122 Å². The van der Waals surface area contributed by atoms with E-state index in [2.05, 4.69) is 11.9 Å². The monoisotopic (exact) mass is 293 g/mol. The molecule has 0 aliphatic carbocycles. The number of benzene rings is 1. The van der Waals surface area contributed by atoms with E-state index in [0.717, 1.165) is 25.9 Å². The molecule has 1 fully saturated rings. The second-order valence-corrected chi connectivity index (χ2v) is 5.42.